The van der Waals surface area contributed by atoms with Crippen LogP contribution in [-0.4, -0.2) is 25.4 Å². The van der Waals surface area contributed by atoms with E-state index in [4.69, 9.17) is 10.5 Å². The number of nitrogens with two attached hydrogens (primary N) is 1. The van der Waals surface area contributed by atoms with Crippen molar-refractivity contribution in [2.45, 2.75) is 18.5 Å². The van der Waals surface area contributed by atoms with Gasteiger partial charge in [-0.05, 0) is 12.8 Å². The molecule has 1 atom stereocenters. The zero-order chi connectivity index (χ0) is 6.74. The van der Waals surface area contributed by atoms with Gasteiger partial charge in [0.05, 0.1) is 6.61 Å². The van der Waals surface area contributed by atoms with Gasteiger partial charge >= 0.3 is 0 Å². The highest BCUT2D eigenvalue weighted by atomic mass is 19.1. The number of alkyl halides is 1. The van der Waals surface area contributed by atoms with Crippen molar-refractivity contribution in [3.8, 4) is 0 Å². The second kappa shape index (κ2) is 2.62. The molecule has 1 heterocycles. The van der Waals surface area contributed by atoms with Crippen molar-refractivity contribution < 1.29 is 9.13 Å². The first-order valence-electron chi connectivity index (χ1n) is 3.24. The molecule has 0 spiro atoms. The third kappa shape index (κ3) is 1.63. The lowest BCUT2D eigenvalue weighted by Gasteiger charge is -2.27. The molecule has 1 aliphatic rings. The summed E-state index contributed by atoms with van der Waals surface area (Å²) in [5.41, 5.74) is 3.96. The van der Waals surface area contributed by atoms with E-state index >= 15 is 0 Å². The van der Waals surface area contributed by atoms with E-state index in [2.05, 4.69) is 0 Å². The molecule has 0 aromatic heterocycles. The Morgan fingerprint density at radius 1 is 1.67 bits per heavy atom. The van der Waals surface area contributed by atoms with E-state index in [9.17, 15) is 4.39 Å². The van der Waals surface area contributed by atoms with Crippen LogP contribution in [0, 0.1) is 0 Å². The van der Waals surface area contributed by atoms with Crippen molar-refractivity contribution in [3.63, 3.8) is 0 Å². The Morgan fingerprint density at radius 2 is 2.44 bits per heavy atom. The maximum atomic E-state index is 13.1. The minimum absolute atomic E-state index is 0.0903. The SMILES string of the molecule is NC[C@]1(F)CCCOC1. The van der Waals surface area contributed by atoms with Crippen LogP contribution in [0.15, 0.2) is 0 Å². The van der Waals surface area contributed by atoms with Gasteiger partial charge in [-0.2, -0.15) is 0 Å². The van der Waals surface area contributed by atoms with Gasteiger partial charge in [0.25, 0.3) is 0 Å². The van der Waals surface area contributed by atoms with E-state index in [1.54, 1.807) is 0 Å². The maximum absolute atomic E-state index is 13.1. The third-order valence-corrected chi connectivity index (χ3v) is 1.64. The molecule has 1 fully saturated rings. The van der Waals surface area contributed by atoms with Gasteiger partial charge in [0.2, 0.25) is 0 Å². The average molecular weight is 133 g/mol. The molecule has 0 unspecified atom stereocenters. The highest BCUT2D eigenvalue weighted by Crippen LogP contribution is 2.21. The zero-order valence-electron chi connectivity index (χ0n) is 5.40. The van der Waals surface area contributed by atoms with E-state index in [0.29, 0.717) is 13.0 Å². The topological polar surface area (TPSA) is 35.2 Å². The van der Waals surface area contributed by atoms with Gasteiger partial charge in [-0.1, -0.05) is 0 Å². The summed E-state index contributed by atoms with van der Waals surface area (Å²) in [4.78, 5) is 0. The average Bonchev–Trinajstić information content (AvgIpc) is 1.90. The molecule has 1 saturated heterocycles. The Balaban J connectivity index is 2.37. The van der Waals surface area contributed by atoms with Crippen LogP contribution >= 0.6 is 0 Å². The number of ether oxygens (including phenoxy) is 1. The van der Waals surface area contributed by atoms with Crippen molar-refractivity contribution >= 4 is 0 Å². The monoisotopic (exact) mass is 133 g/mol. The first-order valence-corrected chi connectivity index (χ1v) is 3.24. The van der Waals surface area contributed by atoms with E-state index < -0.39 is 5.67 Å². The molecule has 0 bridgehead atoms. The molecule has 9 heavy (non-hydrogen) atoms. The molecule has 0 aromatic carbocycles. The van der Waals surface area contributed by atoms with Crippen LogP contribution in [0.4, 0.5) is 4.39 Å². The quantitative estimate of drug-likeness (QED) is 0.564. The van der Waals surface area contributed by atoms with Crippen molar-refractivity contribution in [2.75, 3.05) is 19.8 Å². The normalized spacial score (nSPS) is 36.7. The Hall–Kier alpha value is -0.150. The molecule has 2 nitrogen and oxygen atoms in total. The molecular weight excluding hydrogens is 121 g/mol. The lowest BCUT2D eigenvalue weighted by Crippen LogP contribution is -2.41. The Morgan fingerprint density at radius 3 is 2.78 bits per heavy atom. The zero-order valence-corrected chi connectivity index (χ0v) is 5.40. The fourth-order valence-electron chi connectivity index (χ4n) is 0.979. The van der Waals surface area contributed by atoms with Gasteiger partial charge in [0.1, 0.15) is 5.67 Å². The minimum atomic E-state index is -1.22. The van der Waals surface area contributed by atoms with Crippen LogP contribution in [0.2, 0.25) is 0 Å². The van der Waals surface area contributed by atoms with Crippen molar-refractivity contribution in [1.29, 1.82) is 0 Å². The summed E-state index contributed by atoms with van der Waals surface area (Å²) >= 11 is 0. The lowest BCUT2D eigenvalue weighted by atomic mass is 9.99. The van der Waals surface area contributed by atoms with Gasteiger partial charge in [0.15, 0.2) is 0 Å². The molecule has 2 N–H and O–H groups in total. The summed E-state index contributed by atoms with van der Waals surface area (Å²) in [5.74, 6) is 0. The summed E-state index contributed by atoms with van der Waals surface area (Å²) in [6.45, 7) is 0.960. The van der Waals surface area contributed by atoms with Gasteiger partial charge in [-0.3, -0.25) is 0 Å². The standard InChI is InChI=1S/C6H12FNO/c7-6(4-8)2-1-3-9-5-6/h1-5,8H2/t6-/m1/s1. The first kappa shape index (κ1) is 6.96. The molecule has 1 aliphatic heterocycles. The Bertz CT molecular complexity index is 91.1. The molecule has 1 rings (SSSR count). The van der Waals surface area contributed by atoms with Gasteiger partial charge < -0.3 is 10.5 Å². The molecular formula is C6H12FNO. The number of hydrogen-bond donors (Lipinski definition) is 1. The Labute approximate surface area is 54.2 Å². The largest absolute Gasteiger partial charge is 0.378 e. The second-order valence-corrected chi connectivity index (χ2v) is 2.51. The minimum Gasteiger partial charge on any atom is -0.378 e. The van der Waals surface area contributed by atoms with Crippen molar-refractivity contribution in [1.82, 2.24) is 0 Å². The molecule has 0 radical (unpaired) electrons. The maximum Gasteiger partial charge on any atom is 0.146 e. The van der Waals surface area contributed by atoms with Gasteiger partial charge in [-0.25, -0.2) is 4.39 Å². The molecule has 0 aromatic rings. The smallest absolute Gasteiger partial charge is 0.146 e. The fraction of sp³-hybridized carbons (Fsp3) is 1.00. The number of hydrogen-bond acceptors (Lipinski definition) is 2. The number of rotatable bonds is 1. The molecule has 0 amide bonds. The van der Waals surface area contributed by atoms with Gasteiger partial charge in [0, 0.05) is 13.2 Å². The van der Waals surface area contributed by atoms with E-state index in [1.807, 2.05) is 0 Å². The van der Waals surface area contributed by atoms with Crippen LogP contribution in [0.1, 0.15) is 12.8 Å². The predicted octanol–water partition coefficient (Wildman–Crippen LogP) is 0.464. The van der Waals surface area contributed by atoms with Crippen LogP contribution in [0.5, 0.6) is 0 Å². The number of halogens is 1. The highest BCUT2D eigenvalue weighted by molar-refractivity contribution is 4.82. The van der Waals surface area contributed by atoms with Crippen LogP contribution in [0.3, 0.4) is 0 Å². The van der Waals surface area contributed by atoms with Crippen molar-refractivity contribution in [2.24, 2.45) is 5.73 Å². The van der Waals surface area contributed by atoms with E-state index in [-0.39, 0.29) is 13.2 Å². The van der Waals surface area contributed by atoms with E-state index in [1.165, 1.54) is 0 Å². The van der Waals surface area contributed by atoms with Crippen molar-refractivity contribution in [3.05, 3.63) is 0 Å². The summed E-state index contributed by atoms with van der Waals surface area (Å²) in [7, 11) is 0. The molecule has 54 valence electrons. The third-order valence-electron chi connectivity index (χ3n) is 1.64. The predicted molar refractivity (Wildman–Crippen MR) is 32.9 cm³/mol. The van der Waals surface area contributed by atoms with Gasteiger partial charge in [-0.15, -0.1) is 0 Å². The lowest BCUT2D eigenvalue weighted by molar-refractivity contribution is -0.0256. The van der Waals surface area contributed by atoms with Crippen LogP contribution in [0.25, 0.3) is 0 Å². The summed E-state index contributed by atoms with van der Waals surface area (Å²) < 4.78 is 18.0. The summed E-state index contributed by atoms with van der Waals surface area (Å²) in [6, 6.07) is 0. The summed E-state index contributed by atoms with van der Waals surface area (Å²) in [6.07, 6.45) is 1.36. The molecule has 0 saturated carbocycles. The Kier molecular flexibility index (Phi) is 2.03. The van der Waals surface area contributed by atoms with Crippen LogP contribution < -0.4 is 5.73 Å². The second-order valence-electron chi connectivity index (χ2n) is 2.51. The fourth-order valence-corrected chi connectivity index (χ4v) is 0.979. The first-order chi connectivity index (χ1) is 4.27. The molecule has 3 heteroatoms. The van der Waals surface area contributed by atoms with E-state index in [0.717, 1.165) is 6.42 Å². The molecule has 0 aliphatic carbocycles. The van der Waals surface area contributed by atoms with Crippen LogP contribution in [-0.2, 0) is 4.74 Å². The summed E-state index contributed by atoms with van der Waals surface area (Å²) in [5, 5.41) is 0. The highest BCUT2D eigenvalue weighted by Gasteiger charge is 2.30.